The fourth-order valence-electron chi connectivity index (χ4n) is 2.20. The summed E-state index contributed by atoms with van der Waals surface area (Å²) in [5.74, 6) is -25.0. The van der Waals surface area contributed by atoms with Gasteiger partial charge >= 0.3 is 29.7 Å². The zero-order valence-electron chi connectivity index (χ0n) is 10.7. The zero-order chi connectivity index (χ0) is 16.9. The quantitative estimate of drug-likeness (QED) is 0.471. The van der Waals surface area contributed by atoms with Crippen LogP contribution in [-0.4, -0.2) is 53.1 Å². The number of carboxylic acid groups (broad SMARTS) is 1. The van der Waals surface area contributed by atoms with Crippen LogP contribution in [0.1, 0.15) is 19.3 Å². The molecule has 0 spiro atoms. The van der Waals surface area contributed by atoms with Gasteiger partial charge in [-0.1, -0.05) is 0 Å². The first-order valence-electron chi connectivity index (χ1n) is 6.16. The van der Waals surface area contributed by atoms with Gasteiger partial charge in [0, 0.05) is 0 Å². The summed E-state index contributed by atoms with van der Waals surface area (Å²) in [7, 11) is 0. The number of rotatable bonds is 5. The molecule has 1 heterocycles. The molecule has 0 bridgehead atoms. The van der Waals surface area contributed by atoms with Crippen molar-refractivity contribution < 1.29 is 50.5 Å². The molecule has 0 aromatic heterocycles. The van der Waals surface area contributed by atoms with Gasteiger partial charge in [-0.15, -0.1) is 0 Å². The average molecular weight is 336 g/mol. The number of fused-ring (bicyclic) bond motifs is 1. The number of carbonyl (C=O) groups excluding carboxylic acids is 1. The zero-order valence-corrected chi connectivity index (χ0v) is 10.7. The minimum atomic E-state index is -6.44. The summed E-state index contributed by atoms with van der Waals surface area (Å²) in [6, 6.07) is 0. The normalized spacial score (nSPS) is 28.7. The molecule has 1 N–H and O–H groups in total. The van der Waals surface area contributed by atoms with E-state index >= 15 is 0 Å². The maximum atomic E-state index is 13.3. The molecule has 2 fully saturated rings. The Bertz CT molecular complexity index is 493. The van der Waals surface area contributed by atoms with Gasteiger partial charge in [0.2, 0.25) is 0 Å². The van der Waals surface area contributed by atoms with E-state index in [-0.39, 0.29) is 12.5 Å². The molecule has 1 saturated carbocycles. The van der Waals surface area contributed by atoms with E-state index in [4.69, 9.17) is 9.84 Å². The van der Waals surface area contributed by atoms with Crippen molar-refractivity contribution in [3.05, 3.63) is 0 Å². The lowest BCUT2D eigenvalue weighted by Gasteiger charge is -2.30. The highest BCUT2D eigenvalue weighted by Crippen LogP contribution is 2.47. The topological polar surface area (TPSA) is 76.1 Å². The Balaban J connectivity index is 2.14. The average Bonchev–Trinajstić information content (AvgIpc) is 3.18. The van der Waals surface area contributed by atoms with Gasteiger partial charge in [0.25, 0.3) is 0 Å². The Kier molecular flexibility index (Phi) is 3.83. The lowest BCUT2D eigenvalue weighted by atomic mass is 9.97. The van der Waals surface area contributed by atoms with Crippen LogP contribution in [0.25, 0.3) is 0 Å². The molecule has 2 aliphatic rings. The second-order valence-corrected chi connectivity index (χ2v) is 5.04. The summed E-state index contributed by atoms with van der Waals surface area (Å²) in [6.45, 7) is 0. The predicted molar refractivity (Wildman–Crippen MR) is 54.9 cm³/mol. The number of esters is 1. The van der Waals surface area contributed by atoms with Crippen molar-refractivity contribution in [2.24, 2.45) is 0 Å². The Morgan fingerprint density at radius 2 is 1.64 bits per heavy atom. The van der Waals surface area contributed by atoms with Crippen LogP contribution in [0.2, 0.25) is 0 Å². The number of carboxylic acids is 1. The molecule has 11 heteroatoms. The van der Waals surface area contributed by atoms with E-state index in [1.165, 1.54) is 0 Å². The van der Waals surface area contributed by atoms with Crippen LogP contribution in [0.5, 0.6) is 0 Å². The van der Waals surface area contributed by atoms with E-state index < -0.39 is 41.9 Å². The minimum Gasteiger partial charge on any atom is -0.477 e. The highest BCUT2D eigenvalue weighted by Gasteiger charge is 2.79. The highest BCUT2D eigenvalue weighted by atomic mass is 19.3. The van der Waals surface area contributed by atoms with Crippen molar-refractivity contribution in [1.29, 1.82) is 0 Å². The Hall–Kier alpha value is -1.52. The minimum absolute atomic E-state index is 0.0594. The van der Waals surface area contributed by atoms with E-state index in [1.807, 2.05) is 0 Å². The van der Waals surface area contributed by atoms with Crippen LogP contribution < -0.4 is 0 Å². The second-order valence-electron chi connectivity index (χ2n) is 5.04. The monoisotopic (exact) mass is 336 g/mol. The maximum Gasteiger partial charge on any atom is 0.411 e. The molecular weight excluding hydrogens is 326 g/mol. The smallest absolute Gasteiger partial charge is 0.411 e. The molecule has 0 aromatic carbocycles. The van der Waals surface area contributed by atoms with E-state index in [0.717, 1.165) is 0 Å². The summed E-state index contributed by atoms with van der Waals surface area (Å²) >= 11 is 0. The van der Waals surface area contributed by atoms with Crippen LogP contribution in [0, 0.1) is 0 Å². The van der Waals surface area contributed by atoms with Gasteiger partial charge in [0.05, 0.1) is 6.10 Å². The van der Waals surface area contributed by atoms with Crippen molar-refractivity contribution in [1.82, 2.24) is 0 Å². The number of aliphatic carboxylic acids is 1. The molecule has 3 atom stereocenters. The van der Waals surface area contributed by atoms with Gasteiger partial charge in [-0.3, -0.25) is 0 Å². The van der Waals surface area contributed by atoms with Crippen molar-refractivity contribution in [2.75, 3.05) is 0 Å². The predicted octanol–water partition coefficient (Wildman–Crippen LogP) is 1.84. The lowest BCUT2D eigenvalue weighted by molar-refractivity contribution is -0.301. The number of epoxide rings is 1. The SMILES string of the molecule is O=C(O)C(F)(F)C(F)(F)C(F)(F)C(=O)OC1CCCC2OC12. The van der Waals surface area contributed by atoms with E-state index in [9.17, 15) is 35.9 Å². The molecule has 1 aliphatic heterocycles. The number of alkyl halides is 6. The standard InChI is InChI=1S/C11H10F6O5/c12-9(13,7(18)19)11(16,17)10(14,15)8(20)22-5-3-1-2-4-6(5)21-4/h4-6H,1-3H2,(H,18,19). The largest absolute Gasteiger partial charge is 0.477 e. The van der Waals surface area contributed by atoms with Crippen LogP contribution >= 0.6 is 0 Å². The number of hydrogen-bond acceptors (Lipinski definition) is 4. The van der Waals surface area contributed by atoms with E-state index in [2.05, 4.69) is 4.74 Å². The third-order valence-electron chi connectivity index (χ3n) is 3.54. The molecule has 3 unspecified atom stereocenters. The fourth-order valence-corrected chi connectivity index (χ4v) is 2.20. The maximum absolute atomic E-state index is 13.3. The molecule has 1 saturated heterocycles. The summed E-state index contributed by atoms with van der Waals surface area (Å²) in [5.41, 5.74) is 0. The second kappa shape index (κ2) is 5.00. The third-order valence-corrected chi connectivity index (χ3v) is 3.54. The molecule has 0 amide bonds. The number of ether oxygens (including phenoxy) is 2. The Morgan fingerprint density at radius 3 is 2.18 bits per heavy atom. The van der Waals surface area contributed by atoms with Crippen molar-refractivity contribution >= 4 is 11.9 Å². The Labute approximate surface area is 119 Å². The van der Waals surface area contributed by atoms with Gasteiger partial charge in [-0.05, 0) is 19.3 Å². The van der Waals surface area contributed by atoms with Crippen LogP contribution in [0.3, 0.4) is 0 Å². The molecular formula is C11H10F6O5. The molecule has 0 aromatic rings. The van der Waals surface area contributed by atoms with Gasteiger partial charge in [0.1, 0.15) is 12.2 Å². The molecule has 22 heavy (non-hydrogen) atoms. The molecule has 1 aliphatic carbocycles. The molecule has 0 radical (unpaired) electrons. The Morgan fingerprint density at radius 1 is 1.05 bits per heavy atom. The van der Waals surface area contributed by atoms with Gasteiger partial charge in [0.15, 0.2) is 0 Å². The molecule has 126 valence electrons. The summed E-state index contributed by atoms with van der Waals surface area (Å²) in [4.78, 5) is 21.2. The van der Waals surface area contributed by atoms with Crippen molar-refractivity contribution in [3.8, 4) is 0 Å². The van der Waals surface area contributed by atoms with Gasteiger partial charge in [-0.25, -0.2) is 9.59 Å². The number of hydrogen-bond donors (Lipinski definition) is 1. The van der Waals surface area contributed by atoms with Crippen molar-refractivity contribution in [3.63, 3.8) is 0 Å². The number of carbonyl (C=O) groups is 2. The summed E-state index contributed by atoms with van der Waals surface area (Å²) < 4.78 is 87.6. The van der Waals surface area contributed by atoms with Crippen LogP contribution in [-0.2, 0) is 19.1 Å². The van der Waals surface area contributed by atoms with Crippen molar-refractivity contribution in [2.45, 2.75) is 55.3 Å². The van der Waals surface area contributed by atoms with Gasteiger partial charge < -0.3 is 14.6 Å². The van der Waals surface area contributed by atoms with E-state index in [0.29, 0.717) is 12.8 Å². The van der Waals surface area contributed by atoms with E-state index in [1.54, 1.807) is 0 Å². The van der Waals surface area contributed by atoms with Gasteiger partial charge in [-0.2, -0.15) is 26.3 Å². The first-order valence-corrected chi connectivity index (χ1v) is 6.16. The summed E-state index contributed by atoms with van der Waals surface area (Å²) in [6.07, 6.45) is -1.23. The third kappa shape index (κ3) is 2.40. The molecule has 2 rings (SSSR count). The molecule has 5 nitrogen and oxygen atoms in total. The first-order chi connectivity index (χ1) is 9.93. The first kappa shape index (κ1) is 16.8. The number of halogens is 6. The lowest BCUT2D eigenvalue weighted by Crippen LogP contribution is -2.61. The summed E-state index contributed by atoms with van der Waals surface area (Å²) in [5, 5.41) is 7.96. The van der Waals surface area contributed by atoms with Crippen LogP contribution in [0.15, 0.2) is 0 Å². The highest BCUT2D eigenvalue weighted by molar-refractivity contribution is 5.84. The fraction of sp³-hybridized carbons (Fsp3) is 0.818. The van der Waals surface area contributed by atoms with Crippen LogP contribution in [0.4, 0.5) is 26.3 Å².